The summed E-state index contributed by atoms with van der Waals surface area (Å²) in [4.78, 5) is 29.9. The first-order valence-corrected chi connectivity index (χ1v) is 16.9. The lowest BCUT2D eigenvalue weighted by Crippen LogP contribution is -2.54. The van der Waals surface area contributed by atoms with Gasteiger partial charge in [0, 0.05) is 24.0 Å². The van der Waals surface area contributed by atoms with Gasteiger partial charge in [0.15, 0.2) is 0 Å². The monoisotopic (exact) mass is 665 g/mol. The van der Waals surface area contributed by atoms with Crippen molar-refractivity contribution in [3.05, 3.63) is 130 Å². The van der Waals surface area contributed by atoms with E-state index in [0.29, 0.717) is 11.4 Å². The third kappa shape index (κ3) is 8.87. The molecule has 0 saturated carbocycles. The number of rotatable bonds is 13. The van der Waals surface area contributed by atoms with Crippen LogP contribution in [0.2, 0.25) is 10.0 Å². The van der Waals surface area contributed by atoms with E-state index in [9.17, 15) is 18.0 Å². The summed E-state index contributed by atoms with van der Waals surface area (Å²) in [6, 6.07) is 28.3. The summed E-state index contributed by atoms with van der Waals surface area (Å²) in [5, 5.41) is 3.42. The van der Waals surface area contributed by atoms with E-state index in [1.807, 2.05) is 75.4 Å². The number of halogens is 2. The molecule has 2 atom stereocenters. The van der Waals surface area contributed by atoms with Crippen LogP contribution in [0.25, 0.3) is 0 Å². The number of aryl methyl sites for hydroxylation is 1. The van der Waals surface area contributed by atoms with E-state index >= 15 is 0 Å². The summed E-state index contributed by atoms with van der Waals surface area (Å²) in [6.45, 7) is 5.30. The molecule has 0 fully saturated rings. The predicted octanol–water partition coefficient (Wildman–Crippen LogP) is 7.05. The van der Waals surface area contributed by atoms with Gasteiger partial charge in [0.1, 0.15) is 12.6 Å². The molecule has 45 heavy (non-hydrogen) atoms. The first-order valence-electron chi connectivity index (χ1n) is 14.7. The van der Waals surface area contributed by atoms with Gasteiger partial charge in [0.2, 0.25) is 11.8 Å². The highest BCUT2D eigenvalue weighted by atomic mass is 35.5. The topological polar surface area (TPSA) is 86.8 Å². The van der Waals surface area contributed by atoms with Crippen LogP contribution in [0.3, 0.4) is 0 Å². The number of amides is 2. The van der Waals surface area contributed by atoms with Crippen LogP contribution in [0.15, 0.2) is 108 Å². The zero-order chi connectivity index (χ0) is 32.6. The maximum Gasteiger partial charge on any atom is 0.264 e. The van der Waals surface area contributed by atoms with E-state index in [4.69, 9.17) is 23.2 Å². The molecule has 4 aromatic carbocycles. The highest BCUT2D eigenvalue weighted by Crippen LogP contribution is 2.33. The fourth-order valence-corrected chi connectivity index (χ4v) is 6.93. The fourth-order valence-electron chi connectivity index (χ4n) is 4.92. The number of hydrogen-bond donors (Lipinski definition) is 1. The summed E-state index contributed by atoms with van der Waals surface area (Å²) >= 11 is 12.7. The van der Waals surface area contributed by atoms with E-state index in [1.165, 1.54) is 35.2 Å². The average molecular weight is 667 g/mol. The Bertz CT molecular complexity index is 1720. The summed E-state index contributed by atoms with van der Waals surface area (Å²) in [6.07, 6.45) is 0.932. The van der Waals surface area contributed by atoms with Crippen molar-refractivity contribution in [2.24, 2.45) is 0 Å². The van der Waals surface area contributed by atoms with Crippen LogP contribution in [0.4, 0.5) is 5.69 Å². The molecule has 10 heteroatoms. The van der Waals surface area contributed by atoms with Gasteiger partial charge in [-0.1, -0.05) is 108 Å². The first kappa shape index (κ1) is 34.0. The van der Waals surface area contributed by atoms with E-state index in [2.05, 4.69) is 5.32 Å². The third-order valence-corrected chi connectivity index (χ3v) is 9.81. The second-order valence-electron chi connectivity index (χ2n) is 11.0. The van der Waals surface area contributed by atoms with Gasteiger partial charge in [-0.15, -0.1) is 0 Å². The Morgan fingerprint density at radius 2 is 1.49 bits per heavy atom. The number of sulfonamides is 1. The Balaban J connectivity index is 1.83. The van der Waals surface area contributed by atoms with Crippen LogP contribution < -0.4 is 9.62 Å². The fraction of sp³-hybridized carbons (Fsp3) is 0.257. The lowest BCUT2D eigenvalue weighted by molar-refractivity contribution is -0.140. The molecule has 0 radical (unpaired) electrons. The Morgan fingerprint density at radius 1 is 0.844 bits per heavy atom. The second kappa shape index (κ2) is 15.4. The SMILES string of the molecule is CC[C@H](C)NC(=O)[C@H](Cc1ccccc1)N(Cc1cccc(C)c1)C(=O)CN(c1ccc(Cl)cc1Cl)S(=O)(=O)c1ccccc1. The lowest BCUT2D eigenvalue weighted by Gasteiger charge is -2.34. The zero-order valence-corrected chi connectivity index (χ0v) is 27.8. The molecular formula is C35H37Cl2N3O4S. The molecule has 0 saturated heterocycles. The van der Waals surface area contributed by atoms with E-state index in [0.717, 1.165) is 21.0 Å². The summed E-state index contributed by atoms with van der Waals surface area (Å²) in [7, 11) is -4.27. The van der Waals surface area contributed by atoms with E-state index in [-0.39, 0.29) is 40.5 Å². The molecule has 4 rings (SSSR count). The summed E-state index contributed by atoms with van der Waals surface area (Å²) < 4.78 is 29.2. The van der Waals surface area contributed by atoms with E-state index < -0.39 is 28.5 Å². The molecule has 0 aliphatic carbocycles. The molecule has 0 aliphatic heterocycles. The van der Waals surface area contributed by atoms with Gasteiger partial charge in [-0.2, -0.15) is 0 Å². The van der Waals surface area contributed by atoms with Crippen molar-refractivity contribution >= 4 is 50.7 Å². The minimum Gasteiger partial charge on any atom is -0.352 e. The van der Waals surface area contributed by atoms with Crippen molar-refractivity contribution < 1.29 is 18.0 Å². The largest absolute Gasteiger partial charge is 0.352 e. The molecule has 7 nitrogen and oxygen atoms in total. The molecule has 0 bridgehead atoms. The number of carbonyl (C=O) groups is 2. The highest BCUT2D eigenvalue weighted by Gasteiger charge is 2.35. The van der Waals surface area contributed by atoms with Gasteiger partial charge < -0.3 is 10.2 Å². The maximum absolute atomic E-state index is 14.5. The van der Waals surface area contributed by atoms with Gasteiger partial charge in [0.05, 0.1) is 15.6 Å². The number of carbonyl (C=O) groups excluding carboxylic acids is 2. The molecule has 236 valence electrons. The third-order valence-electron chi connectivity index (χ3n) is 7.50. The molecule has 0 spiro atoms. The normalized spacial score (nSPS) is 12.6. The van der Waals surface area contributed by atoms with Gasteiger partial charge in [-0.25, -0.2) is 8.42 Å². The van der Waals surface area contributed by atoms with Crippen LogP contribution >= 0.6 is 23.2 Å². The molecule has 4 aromatic rings. The number of nitrogens with one attached hydrogen (secondary N) is 1. The smallest absolute Gasteiger partial charge is 0.264 e. The molecular weight excluding hydrogens is 629 g/mol. The Hall–Kier alpha value is -3.85. The zero-order valence-electron chi connectivity index (χ0n) is 25.5. The van der Waals surface area contributed by atoms with Crippen LogP contribution in [-0.4, -0.2) is 43.8 Å². The van der Waals surface area contributed by atoms with Crippen molar-refractivity contribution in [1.82, 2.24) is 10.2 Å². The first-order chi connectivity index (χ1) is 21.5. The van der Waals surface area contributed by atoms with Crippen molar-refractivity contribution in [2.75, 3.05) is 10.8 Å². The minimum atomic E-state index is -4.27. The molecule has 0 aromatic heterocycles. The van der Waals surface area contributed by atoms with Gasteiger partial charge in [-0.3, -0.25) is 13.9 Å². The second-order valence-corrected chi connectivity index (χ2v) is 13.7. The van der Waals surface area contributed by atoms with Crippen LogP contribution in [0.1, 0.15) is 37.0 Å². The van der Waals surface area contributed by atoms with Gasteiger partial charge >= 0.3 is 0 Å². The Labute approximate surface area is 275 Å². The van der Waals surface area contributed by atoms with E-state index in [1.54, 1.807) is 18.2 Å². The van der Waals surface area contributed by atoms with Crippen molar-refractivity contribution in [3.8, 4) is 0 Å². The van der Waals surface area contributed by atoms with Crippen molar-refractivity contribution in [2.45, 2.75) is 57.1 Å². The summed E-state index contributed by atoms with van der Waals surface area (Å²) in [5.74, 6) is -0.890. The van der Waals surface area contributed by atoms with Gasteiger partial charge in [0.25, 0.3) is 10.0 Å². The van der Waals surface area contributed by atoms with Crippen LogP contribution in [0.5, 0.6) is 0 Å². The molecule has 2 amide bonds. The van der Waals surface area contributed by atoms with Crippen LogP contribution in [-0.2, 0) is 32.6 Å². The standard InChI is InChI=1S/C35H37Cl2N3O4S/c1-4-26(3)38-35(42)33(21-27-13-7-5-8-14-27)39(23-28-15-11-12-25(2)20-28)34(41)24-40(32-19-18-29(36)22-31(32)37)45(43,44)30-16-9-6-10-17-30/h5-20,22,26,33H,4,21,23-24H2,1-3H3,(H,38,42)/t26-,33-/m0/s1. The van der Waals surface area contributed by atoms with Gasteiger partial charge in [-0.05, 0) is 61.7 Å². The number of hydrogen-bond acceptors (Lipinski definition) is 4. The van der Waals surface area contributed by atoms with Crippen molar-refractivity contribution in [1.29, 1.82) is 0 Å². The number of benzene rings is 4. The quantitative estimate of drug-likeness (QED) is 0.166. The highest BCUT2D eigenvalue weighted by molar-refractivity contribution is 7.92. The maximum atomic E-state index is 14.5. The Kier molecular flexibility index (Phi) is 11.7. The summed E-state index contributed by atoms with van der Waals surface area (Å²) in [5.41, 5.74) is 2.75. The molecule has 0 unspecified atom stereocenters. The predicted molar refractivity (Wildman–Crippen MR) is 181 cm³/mol. The number of nitrogens with zero attached hydrogens (tertiary/aromatic N) is 2. The minimum absolute atomic E-state index is 0.00981. The average Bonchev–Trinajstić information content (AvgIpc) is 3.02. The Morgan fingerprint density at radius 3 is 2.11 bits per heavy atom. The van der Waals surface area contributed by atoms with Crippen LogP contribution in [0, 0.1) is 6.92 Å². The molecule has 1 N–H and O–H groups in total. The molecule has 0 aliphatic rings. The van der Waals surface area contributed by atoms with Crippen molar-refractivity contribution in [3.63, 3.8) is 0 Å². The number of anilines is 1. The molecule has 0 heterocycles. The lowest BCUT2D eigenvalue weighted by atomic mass is 10.0.